The zero-order chi connectivity index (χ0) is 21.5. The number of guanidine groups is 1. The summed E-state index contributed by atoms with van der Waals surface area (Å²) in [4.78, 5) is 18.8. The van der Waals surface area contributed by atoms with E-state index < -0.39 is 0 Å². The Morgan fingerprint density at radius 3 is 2.35 bits per heavy atom. The van der Waals surface area contributed by atoms with Crippen LogP contribution in [0.1, 0.15) is 30.4 Å². The number of carbonyl (C=O) groups is 1. The van der Waals surface area contributed by atoms with Gasteiger partial charge in [-0.05, 0) is 42.2 Å². The molecule has 2 aliphatic rings. The Morgan fingerprint density at radius 1 is 1.03 bits per heavy atom. The third-order valence-corrected chi connectivity index (χ3v) is 6.60. The van der Waals surface area contributed by atoms with Crippen LogP contribution in [0.3, 0.4) is 0 Å². The second-order valence-electron chi connectivity index (χ2n) is 9.11. The molecule has 2 aromatic rings. The van der Waals surface area contributed by atoms with E-state index >= 15 is 0 Å². The Labute approximate surface area is 186 Å². The van der Waals surface area contributed by atoms with Crippen LogP contribution in [-0.2, 0) is 17.6 Å². The Bertz CT molecular complexity index is 877. The highest BCUT2D eigenvalue weighted by Gasteiger charge is 2.42. The van der Waals surface area contributed by atoms with E-state index in [1.165, 1.54) is 24.0 Å². The molecule has 1 saturated heterocycles. The number of hydrogen-bond acceptors (Lipinski definition) is 2. The first-order valence-electron chi connectivity index (χ1n) is 11.5. The van der Waals surface area contributed by atoms with Gasteiger partial charge < -0.3 is 15.5 Å². The summed E-state index contributed by atoms with van der Waals surface area (Å²) >= 11 is 0. The Kier molecular flexibility index (Phi) is 6.90. The number of nitrogens with zero attached hydrogens (tertiary/aromatic N) is 2. The summed E-state index contributed by atoms with van der Waals surface area (Å²) < 4.78 is 0. The lowest BCUT2D eigenvalue weighted by atomic mass is 9.96. The van der Waals surface area contributed by atoms with Crippen molar-refractivity contribution in [2.24, 2.45) is 16.3 Å². The lowest BCUT2D eigenvalue weighted by Crippen LogP contribution is -2.42. The number of rotatable bonds is 9. The zero-order valence-electron chi connectivity index (χ0n) is 18.5. The standard InChI is InChI=1S/C26H34N4O/c1-27-25(29-20-26(13-14-26)17-22-10-6-3-7-11-22)28-18-23-16-24(31)30(19-23)15-12-21-8-4-2-5-9-21/h2-11,23H,12-20H2,1H3,(H2,27,28,29). The molecule has 1 unspecified atom stereocenters. The summed E-state index contributed by atoms with van der Waals surface area (Å²) in [5, 5.41) is 6.98. The third-order valence-electron chi connectivity index (χ3n) is 6.60. The minimum Gasteiger partial charge on any atom is -0.356 e. The summed E-state index contributed by atoms with van der Waals surface area (Å²) in [5.74, 6) is 1.45. The van der Waals surface area contributed by atoms with E-state index in [9.17, 15) is 4.79 Å². The Balaban J connectivity index is 1.19. The molecule has 5 heteroatoms. The van der Waals surface area contributed by atoms with Crippen molar-refractivity contribution in [3.63, 3.8) is 0 Å². The van der Waals surface area contributed by atoms with Crippen molar-refractivity contribution in [3.05, 3.63) is 71.8 Å². The topological polar surface area (TPSA) is 56.7 Å². The normalized spacial score (nSPS) is 20.0. The molecule has 0 radical (unpaired) electrons. The van der Waals surface area contributed by atoms with Crippen molar-refractivity contribution in [3.8, 4) is 0 Å². The van der Waals surface area contributed by atoms with Gasteiger partial charge in [-0.1, -0.05) is 60.7 Å². The number of benzene rings is 2. The Morgan fingerprint density at radius 2 is 1.71 bits per heavy atom. The molecule has 1 amide bonds. The molecular formula is C26H34N4O. The number of carbonyl (C=O) groups excluding carboxylic acids is 1. The second kappa shape index (κ2) is 9.99. The van der Waals surface area contributed by atoms with Gasteiger partial charge in [0.15, 0.2) is 5.96 Å². The van der Waals surface area contributed by atoms with Crippen LogP contribution in [0, 0.1) is 11.3 Å². The van der Waals surface area contributed by atoms with Crippen molar-refractivity contribution in [1.82, 2.24) is 15.5 Å². The number of aliphatic imine (C=N–C) groups is 1. The maximum Gasteiger partial charge on any atom is 0.223 e. The predicted octanol–water partition coefficient (Wildman–Crippen LogP) is 3.27. The average molecular weight is 419 g/mol. The van der Waals surface area contributed by atoms with Gasteiger partial charge in [0.1, 0.15) is 0 Å². The van der Waals surface area contributed by atoms with Crippen LogP contribution in [0.5, 0.6) is 0 Å². The van der Waals surface area contributed by atoms with Crippen LogP contribution in [0.15, 0.2) is 65.7 Å². The molecule has 0 spiro atoms. The van der Waals surface area contributed by atoms with Crippen molar-refractivity contribution >= 4 is 11.9 Å². The lowest BCUT2D eigenvalue weighted by Gasteiger charge is -2.20. The van der Waals surface area contributed by atoms with Gasteiger partial charge >= 0.3 is 0 Å². The first kappa shape index (κ1) is 21.4. The van der Waals surface area contributed by atoms with Crippen LogP contribution in [0.2, 0.25) is 0 Å². The van der Waals surface area contributed by atoms with E-state index in [1.54, 1.807) is 0 Å². The molecule has 1 aliphatic carbocycles. The lowest BCUT2D eigenvalue weighted by molar-refractivity contribution is -0.127. The second-order valence-corrected chi connectivity index (χ2v) is 9.11. The van der Waals surface area contributed by atoms with E-state index in [4.69, 9.17) is 0 Å². The molecule has 1 heterocycles. The summed E-state index contributed by atoms with van der Waals surface area (Å²) in [6.45, 7) is 3.34. The van der Waals surface area contributed by atoms with Gasteiger partial charge in [0, 0.05) is 45.6 Å². The van der Waals surface area contributed by atoms with Gasteiger partial charge in [-0.25, -0.2) is 0 Å². The van der Waals surface area contributed by atoms with Gasteiger partial charge in [-0.3, -0.25) is 9.79 Å². The molecule has 0 bridgehead atoms. The first-order chi connectivity index (χ1) is 15.2. The van der Waals surface area contributed by atoms with Gasteiger partial charge in [0.25, 0.3) is 0 Å². The molecule has 1 aliphatic heterocycles. The summed E-state index contributed by atoms with van der Waals surface area (Å²) in [6.07, 6.45) is 5.18. The van der Waals surface area contributed by atoms with Crippen molar-refractivity contribution in [2.75, 3.05) is 33.2 Å². The molecule has 0 aromatic heterocycles. The van der Waals surface area contributed by atoms with E-state index in [-0.39, 0.29) is 5.91 Å². The van der Waals surface area contributed by atoms with Crippen LogP contribution in [0.4, 0.5) is 0 Å². The highest BCUT2D eigenvalue weighted by molar-refractivity contribution is 5.81. The molecule has 5 nitrogen and oxygen atoms in total. The Hall–Kier alpha value is -2.82. The maximum absolute atomic E-state index is 12.4. The van der Waals surface area contributed by atoms with Crippen molar-refractivity contribution in [1.29, 1.82) is 0 Å². The van der Waals surface area contributed by atoms with E-state index in [1.807, 2.05) is 18.0 Å². The number of amides is 1. The van der Waals surface area contributed by atoms with Crippen molar-refractivity contribution in [2.45, 2.75) is 32.1 Å². The fraction of sp³-hybridized carbons (Fsp3) is 0.462. The van der Waals surface area contributed by atoms with Crippen molar-refractivity contribution < 1.29 is 4.79 Å². The molecule has 164 valence electrons. The zero-order valence-corrected chi connectivity index (χ0v) is 18.5. The minimum absolute atomic E-state index is 0.269. The molecule has 31 heavy (non-hydrogen) atoms. The largest absolute Gasteiger partial charge is 0.356 e. The van der Waals surface area contributed by atoms with Crippen LogP contribution >= 0.6 is 0 Å². The third kappa shape index (κ3) is 6.09. The van der Waals surface area contributed by atoms with E-state index in [2.05, 4.69) is 70.2 Å². The SMILES string of the molecule is CN=C(NCC1CC(=O)N(CCc2ccccc2)C1)NCC1(Cc2ccccc2)CC1. The highest BCUT2D eigenvalue weighted by atomic mass is 16.2. The average Bonchev–Trinajstić information content (AvgIpc) is 3.47. The molecular weight excluding hydrogens is 384 g/mol. The smallest absolute Gasteiger partial charge is 0.223 e. The molecule has 2 fully saturated rings. The van der Waals surface area contributed by atoms with E-state index in [0.29, 0.717) is 17.8 Å². The summed E-state index contributed by atoms with van der Waals surface area (Å²) in [6, 6.07) is 21.1. The van der Waals surface area contributed by atoms with Gasteiger partial charge in [-0.2, -0.15) is 0 Å². The molecule has 2 N–H and O–H groups in total. The summed E-state index contributed by atoms with van der Waals surface area (Å²) in [7, 11) is 1.82. The first-order valence-corrected chi connectivity index (χ1v) is 11.5. The fourth-order valence-corrected chi connectivity index (χ4v) is 4.47. The molecule has 1 atom stereocenters. The fourth-order valence-electron chi connectivity index (χ4n) is 4.47. The predicted molar refractivity (Wildman–Crippen MR) is 126 cm³/mol. The number of nitrogens with one attached hydrogen (secondary N) is 2. The number of hydrogen-bond donors (Lipinski definition) is 2. The minimum atomic E-state index is 0.269. The van der Waals surface area contributed by atoms with Gasteiger partial charge in [0.05, 0.1) is 0 Å². The van der Waals surface area contributed by atoms with E-state index in [0.717, 1.165) is 45.0 Å². The quantitative estimate of drug-likeness (QED) is 0.485. The molecule has 4 rings (SSSR count). The van der Waals surface area contributed by atoms with Crippen LogP contribution < -0.4 is 10.6 Å². The summed E-state index contributed by atoms with van der Waals surface area (Å²) in [5.41, 5.74) is 3.05. The van der Waals surface area contributed by atoms with Gasteiger partial charge in [-0.15, -0.1) is 0 Å². The van der Waals surface area contributed by atoms with Gasteiger partial charge in [0.2, 0.25) is 5.91 Å². The van der Waals surface area contributed by atoms with Crippen LogP contribution in [0.25, 0.3) is 0 Å². The maximum atomic E-state index is 12.4. The number of likely N-dealkylation sites (tertiary alicyclic amines) is 1. The monoisotopic (exact) mass is 418 g/mol. The molecule has 1 saturated carbocycles. The van der Waals surface area contributed by atoms with Crippen LogP contribution in [-0.4, -0.2) is 50.0 Å². The molecule has 2 aromatic carbocycles. The highest BCUT2D eigenvalue weighted by Crippen LogP contribution is 2.47.